The number of aromatic hydroxyl groups is 1. The van der Waals surface area contributed by atoms with Gasteiger partial charge in [-0.1, -0.05) is 24.3 Å². The smallest absolute Gasteiger partial charge is 0.269 e. The minimum atomic E-state index is -0.595. The molecule has 0 radical (unpaired) electrons. The van der Waals surface area contributed by atoms with Gasteiger partial charge in [-0.15, -0.1) is 0 Å². The van der Waals surface area contributed by atoms with E-state index >= 15 is 0 Å². The van der Waals surface area contributed by atoms with E-state index in [0.29, 0.717) is 29.6 Å². The molecular weight excluding hydrogens is 374 g/mol. The summed E-state index contributed by atoms with van der Waals surface area (Å²) < 4.78 is 4.87. The molecule has 2 heterocycles. The van der Waals surface area contributed by atoms with Gasteiger partial charge in [0.1, 0.15) is 11.4 Å². The molecule has 0 atom stereocenters. The molecule has 0 bridgehead atoms. The molecule has 1 aromatic carbocycles. The molecule has 0 saturated heterocycles. The fourth-order valence-electron chi connectivity index (χ4n) is 2.71. The first-order valence-corrected chi connectivity index (χ1v) is 8.82. The van der Waals surface area contributed by atoms with Gasteiger partial charge in [0.05, 0.1) is 17.7 Å². The van der Waals surface area contributed by atoms with E-state index in [-0.39, 0.29) is 23.0 Å². The Hall–Kier alpha value is -3.78. The molecule has 29 heavy (non-hydrogen) atoms. The van der Waals surface area contributed by atoms with Crippen LogP contribution in [0.15, 0.2) is 53.3 Å². The Morgan fingerprint density at radius 1 is 1.17 bits per heavy atom. The van der Waals surface area contributed by atoms with Crippen molar-refractivity contribution < 1.29 is 19.4 Å². The van der Waals surface area contributed by atoms with Gasteiger partial charge in [0.2, 0.25) is 5.78 Å². The lowest BCUT2D eigenvalue weighted by molar-refractivity contribution is 0.0931. The van der Waals surface area contributed by atoms with Crippen molar-refractivity contribution in [3.63, 3.8) is 0 Å². The number of fused-ring (bicyclic) bond motifs is 1. The van der Waals surface area contributed by atoms with Crippen molar-refractivity contribution in [3.05, 3.63) is 76.0 Å². The third-order valence-electron chi connectivity index (χ3n) is 4.15. The van der Waals surface area contributed by atoms with Gasteiger partial charge in [0, 0.05) is 19.0 Å². The average molecular weight is 393 g/mol. The number of ketones is 1. The molecule has 1 amide bonds. The van der Waals surface area contributed by atoms with Gasteiger partial charge in [-0.25, -0.2) is 4.98 Å². The SMILES string of the molecule is COCCNC(=O)c1cccc(/C=C/C(=O)c2[nH]c(=O)c3ccccc3c2O)n1. The molecule has 0 unspecified atom stereocenters. The third kappa shape index (κ3) is 4.56. The van der Waals surface area contributed by atoms with Crippen molar-refractivity contribution in [3.8, 4) is 5.75 Å². The molecule has 8 heteroatoms. The molecule has 3 N–H and O–H groups in total. The van der Waals surface area contributed by atoms with Crippen LogP contribution in [0.25, 0.3) is 16.8 Å². The number of hydrogen-bond donors (Lipinski definition) is 3. The van der Waals surface area contributed by atoms with E-state index < -0.39 is 11.3 Å². The van der Waals surface area contributed by atoms with Crippen LogP contribution >= 0.6 is 0 Å². The minimum Gasteiger partial charge on any atom is -0.505 e. The van der Waals surface area contributed by atoms with Crippen LogP contribution in [-0.2, 0) is 4.74 Å². The summed E-state index contributed by atoms with van der Waals surface area (Å²) in [5, 5.41) is 13.6. The second-order valence-corrected chi connectivity index (χ2v) is 6.12. The zero-order valence-electron chi connectivity index (χ0n) is 15.6. The van der Waals surface area contributed by atoms with E-state index in [0.717, 1.165) is 0 Å². The number of nitrogens with zero attached hydrogens (tertiary/aromatic N) is 1. The summed E-state index contributed by atoms with van der Waals surface area (Å²) in [6.45, 7) is 0.734. The molecular formula is C21H19N3O5. The van der Waals surface area contributed by atoms with Crippen LogP contribution in [0.3, 0.4) is 0 Å². The number of rotatable bonds is 7. The van der Waals surface area contributed by atoms with E-state index in [1.807, 2.05) is 0 Å². The Balaban J connectivity index is 1.82. The topological polar surface area (TPSA) is 121 Å². The first kappa shape index (κ1) is 20.0. The van der Waals surface area contributed by atoms with Gasteiger partial charge in [-0.2, -0.15) is 0 Å². The Morgan fingerprint density at radius 3 is 2.69 bits per heavy atom. The second kappa shape index (κ2) is 8.94. The molecule has 2 aromatic heterocycles. The van der Waals surface area contributed by atoms with E-state index in [1.165, 1.54) is 19.3 Å². The number of aromatic nitrogens is 2. The number of aromatic amines is 1. The summed E-state index contributed by atoms with van der Waals surface area (Å²) in [6, 6.07) is 11.3. The van der Waals surface area contributed by atoms with Crippen LogP contribution in [-0.4, -0.2) is 47.0 Å². The van der Waals surface area contributed by atoms with Crippen molar-refractivity contribution in [2.24, 2.45) is 0 Å². The number of pyridine rings is 2. The van der Waals surface area contributed by atoms with Gasteiger partial charge >= 0.3 is 0 Å². The van der Waals surface area contributed by atoms with Crippen LogP contribution < -0.4 is 10.9 Å². The highest BCUT2D eigenvalue weighted by Gasteiger charge is 2.15. The first-order valence-electron chi connectivity index (χ1n) is 8.82. The third-order valence-corrected chi connectivity index (χ3v) is 4.15. The Labute approximate surface area is 165 Å². The predicted octanol–water partition coefficient (Wildman–Crippen LogP) is 1.90. The monoisotopic (exact) mass is 393 g/mol. The maximum absolute atomic E-state index is 12.5. The number of benzene rings is 1. The molecule has 3 rings (SSSR count). The zero-order valence-corrected chi connectivity index (χ0v) is 15.6. The van der Waals surface area contributed by atoms with Gasteiger partial charge in [-0.3, -0.25) is 14.4 Å². The van der Waals surface area contributed by atoms with Gasteiger partial charge in [-0.05, 0) is 30.4 Å². The van der Waals surface area contributed by atoms with Crippen molar-refractivity contribution in [2.45, 2.75) is 0 Å². The standard InChI is InChI=1S/C21H19N3O5/c1-29-12-11-22-21(28)16-8-4-5-13(23-16)9-10-17(25)18-19(26)14-6-2-3-7-15(14)20(27)24-18/h2-10,26H,11-12H2,1H3,(H,22,28)(H,24,27)/b10-9+. The van der Waals surface area contributed by atoms with E-state index in [4.69, 9.17) is 4.74 Å². The van der Waals surface area contributed by atoms with Crippen LogP contribution in [0.2, 0.25) is 0 Å². The van der Waals surface area contributed by atoms with Crippen LogP contribution in [0.5, 0.6) is 5.75 Å². The molecule has 0 spiro atoms. The number of hydrogen-bond acceptors (Lipinski definition) is 6. The average Bonchev–Trinajstić information content (AvgIpc) is 2.75. The summed E-state index contributed by atoms with van der Waals surface area (Å²) >= 11 is 0. The highest BCUT2D eigenvalue weighted by atomic mass is 16.5. The van der Waals surface area contributed by atoms with Gasteiger partial charge in [0.15, 0.2) is 5.75 Å². The number of carbonyl (C=O) groups excluding carboxylic acids is 2. The first-order chi connectivity index (χ1) is 14.0. The van der Waals surface area contributed by atoms with Crippen molar-refractivity contribution >= 4 is 28.5 Å². The molecule has 0 fully saturated rings. The van der Waals surface area contributed by atoms with Crippen LogP contribution in [0.4, 0.5) is 0 Å². The van der Waals surface area contributed by atoms with Crippen LogP contribution in [0, 0.1) is 0 Å². The van der Waals surface area contributed by atoms with E-state index in [9.17, 15) is 19.5 Å². The van der Waals surface area contributed by atoms with Crippen LogP contribution in [0.1, 0.15) is 26.7 Å². The lowest BCUT2D eigenvalue weighted by Gasteiger charge is -2.05. The van der Waals surface area contributed by atoms with E-state index in [1.54, 1.807) is 42.5 Å². The normalized spacial score (nSPS) is 11.1. The predicted molar refractivity (Wildman–Crippen MR) is 108 cm³/mol. The molecule has 0 aliphatic heterocycles. The maximum atomic E-state index is 12.5. The Bertz CT molecular complexity index is 1150. The summed E-state index contributed by atoms with van der Waals surface area (Å²) in [5.74, 6) is -1.25. The number of ether oxygens (including phenoxy) is 1. The van der Waals surface area contributed by atoms with Crippen molar-refractivity contribution in [1.29, 1.82) is 0 Å². The van der Waals surface area contributed by atoms with Gasteiger partial charge in [0.25, 0.3) is 11.5 Å². The van der Waals surface area contributed by atoms with Gasteiger partial charge < -0.3 is 20.1 Å². The number of nitrogens with one attached hydrogen (secondary N) is 2. The second-order valence-electron chi connectivity index (χ2n) is 6.12. The zero-order chi connectivity index (χ0) is 20.8. The lowest BCUT2D eigenvalue weighted by atomic mass is 10.1. The summed E-state index contributed by atoms with van der Waals surface area (Å²) in [4.78, 5) is 43.3. The number of H-pyrrole nitrogens is 1. The summed E-state index contributed by atoms with van der Waals surface area (Å²) in [5.41, 5.74) is -0.112. The Morgan fingerprint density at radius 2 is 1.93 bits per heavy atom. The fourth-order valence-corrected chi connectivity index (χ4v) is 2.71. The molecule has 3 aromatic rings. The molecule has 148 valence electrons. The molecule has 0 aliphatic rings. The molecule has 0 saturated carbocycles. The number of carbonyl (C=O) groups is 2. The minimum absolute atomic E-state index is 0.192. The highest BCUT2D eigenvalue weighted by molar-refractivity contribution is 6.10. The van der Waals surface area contributed by atoms with Crippen molar-refractivity contribution in [1.82, 2.24) is 15.3 Å². The highest BCUT2D eigenvalue weighted by Crippen LogP contribution is 2.25. The molecule has 0 aliphatic carbocycles. The van der Waals surface area contributed by atoms with Crippen molar-refractivity contribution in [2.75, 3.05) is 20.3 Å². The summed E-state index contributed by atoms with van der Waals surface area (Å²) in [6.07, 6.45) is 2.58. The number of allylic oxidation sites excluding steroid dienone is 1. The maximum Gasteiger partial charge on any atom is 0.269 e. The fraction of sp³-hybridized carbons (Fsp3) is 0.143. The lowest BCUT2D eigenvalue weighted by Crippen LogP contribution is -2.27. The largest absolute Gasteiger partial charge is 0.505 e. The molecule has 8 nitrogen and oxygen atoms in total. The van der Waals surface area contributed by atoms with E-state index in [2.05, 4.69) is 15.3 Å². The Kier molecular flexibility index (Phi) is 6.16. The number of amides is 1. The number of methoxy groups -OCH3 is 1. The quantitative estimate of drug-likeness (QED) is 0.320. The summed E-state index contributed by atoms with van der Waals surface area (Å²) in [7, 11) is 1.54.